The Kier molecular flexibility index (Phi) is 2.98. The van der Waals surface area contributed by atoms with Gasteiger partial charge < -0.3 is 14.0 Å². The molecular weight excluding hydrogens is 278 g/mol. The van der Waals surface area contributed by atoms with E-state index in [0.29, 0.717) is 17.4 Å². The summed E-state index contributed by atoms with van der Waals surface area (Å²) in [6, 6.07) is 9.02. The number of halogens is 1. The first-order valence-electron chi connectivity index (χ1n) is 6.40. The predicted octanol–water partition coefficient (Wildman–Crippen LogP) is 3.30. The molecule has 0 bridgehead atoms. The molecule has 0 saturated heterocycles. The largest absolute Gasteiger partial charge is 0.467 e. The molecule has 0 saturated carbocycles. The van der Waals surface area contributed by atoms with Crippen molar-refractivity contribution < 1.29 is 14.3 Å². The van der Waals surface area contributed by atoms with Crippen LogP contribution in [0.5, 0.6) is 5.75 Å². The van der Waals surface area contributed by atoms with E-state index in [9.17, 15) is 4.79 Å². The summed E-state index contributed by atoms with van der Waals surface area (Å²) >= 11 is 6.03. The van der Waals surface area contributed by atoms with Gasteiger partial charge in [-0.05, 0) is 44.2 Å². The van der Waals surface area contributed by atoms with Crippen LogP contribution in [0, 0.1) is 0 Å². The Labute approximate surface area is 121 Å². The van der Waals surface area contributed by atoms with E-state index in [1.165, 1.54) is 0 Å². The Morgan fingerprint density at radius 3 is 3.00 bits per heavy atom. The Morgan fingerprint density at radius 2 is 2.25 bits per heavy atom. The normalized spacial score (nSPS) is 19.8. The lowest BCUT2D eigenvalue weighted by Gasteiger charge is -2.34. The van der Waals surface area contributed by atoms with E-state index in [2.05, 4.69) is 0 Å². The Balaban J connectivity index is 2.17. The van der Waals surface area contributed by atoms with Gasteiger partial charge in [-0.3, -0.25) is 0 Å². The second-order valence-electron chi connectivity index (χ2n) is 4.73. The van der Waals surface area contributed by atoms with Gasteiger partial charge in [-0.25, -0.2) is 4.79 Å². The van der Waals surface area contributed by atoms with E-state index in [1.54, 1.807) is 26.0 Å². The van der Waals surface area contributed by atoms with Crippen molar-refractivity contribution in [1.82, 2.24) is 4.57 Å². The molecule has 0 amide bonds. The number of aromatic nitrogens is 1. The SMILES string of the molecule is CCOC(=O)C1(C)Oc2ccc(Cl)cc2-n2cccc21. The fourth-order valence-electron chi connectivity index (χ4n) is 2.43. The smallest absolute Gasteiger partial charge is 0.356 e. The molecule has 0 N–H and O–H groups in total. The molecule has 0 aliphatic carbocycles. The minimum Gasteiger partial charge on any atom is -0.467 e. The minimum absolute atomic E-state index is 0.311. The summed E-state index contributed by atoms with van der Waals surface area (Å²) in [6.45, 7) is 3.80. The Morgan fingerprint density at radius 1 is 1.45 bits per heavy atom. The monoisotopic (exact) mass is 291 g/mol. The molecule has 1 atom stereocenters. The third-order valence-corrected chi connectivity index (χ3v) is 3.63. The van der Waals surface area contributed by atoms with E-state index in [0.717, 1.165) is 11.4 Å². The summed E-state index contributed by atoms with van der Waals surface area (Å²) < 4.78 is 13.0. The van der Waals surface area contributed by atoms with Crippen LogP contribution >= 0.6 is 11.6 Å². The van der Waals surface area contributed by atoms with Crippen molar-refractivity contribution in [2.45, 2.75) is 19.4 Å². The van der Waals surface area contributed by atoms with Crippen molar-refractivity contribution in [2.75, 3.05) is 6.61 Å². The third kappa shape index (κ3) is 1.79. The van der Waals surface area contributed by atoms with Crippen LogP contribution in [0.4, 0.5) is 0 Å². The fourth-order valence-corrected chi connectivity index (χ4v) is 2.60. The number of carbonyl (C=O) groups is 1. The Bertz CT molecular complexity index is 680. The van der Waals surface area contributed by atoms with Gasteiger partial charge in [0.05, 0.1) is 18.0 Å². The van der Waals surface area contributed by atoms with Gasteiger partial charge in [-0.2, -0.15) is 0 Å². The number of nitrogens with zero attached hydrogens (tertiary/aromatic N) is 1. The van der Waals surface area contributed by atoms with Gasteiger partial charge >= 0.3 is 5.97 Å². The van der Waals surface area contributed by atoms with E-state index in [4.69, 9.17) is 21.1 Å². The summed E-state index contributed by atoms with van der Waals surface area (Å²) in [5, 5.41) is 0.617. The predicted molar refractivity (Wildman–Crippen MR) is 75.4 cm³/mol. The fraction of sp³-hybridized carbons (Fsp3) is 0.267. The molecule has 1 aliphatic heterocycles. The molecule has 4 nitrogen and oxygen atoms in total. The zero-order chi connectivity index (χ0) is 14.3. The van der Waals surface area contributed by atoms with Crippen LogP contribution in [0.2, 0.25) is 5.02 Å². The first kappa shape index (κ1) is 13.1. The van der Waals surface area contributed by atoms with Crippen molar-refractivity contribution in [1.29, 1.82) is 0 Å². The molecule has 2 heterocycles. The molecule has 0 spiro atoms. The molecule has 5 heteroatoms. The molecule has 2 aromatic rings. The number of carbonyl (C=O) groups excluding carboxylic acids is 1. The van der Waals surface area contributed by atoms with Crippen LogP contribution in [-0.2, 0) is 15.1 Å². The molecule has 1 unspecified atom stereocenters. The van der Waals surface area contributed by atoms with E-state index >= 15 is 0 Å². The number of hydrogen-bond acceptors (Lipinski definition) is 3. The van der Waals surface area contributed by atoms with Crippen molar-refractivity contribution in [3.63, 3.8) is 0 Å². The second kappa shape index (κ2) is 4.56. The third-order valence-electron chi connectivity index (χ3n) is 3.40. The topological polar surface area (TPSA) is 40.5 Å². The van der Waals surface area contributed by atoms with Crippen molar-refractivity contribution >= 4 is 17.6 Å². The molecule has 20 heavy (non-hydrogen) atoms. The van der Waals surface area contributed by atoms with Gasteiger partial charge in [0.25, 0.3) is 0 Å². The summed E-state index contributed by atoms with van der Waals surface area (Å²) in [6.07, 6.45) is 1.88. The first-order chi connectivity index (χ1) is 9.56. The van der Waals surface area contributed by atoms with Crippen molar-refractivity contribution in [2.24, 2.45) is 0 Å². The minimum atomic E-state index is -1.15. The molecule has 104 valence electrons. The highest BCUT2D eigenvalue weighted by atomic mass is 35.5. The van der Waals surface area contributed by atoms with E-state index < -0.39 is 11.6 Å². The van der Waals surface area contributed by atoms with Crippen LogP contribution in [-0.4, -0.2) is 17.1 Å². The Hall–Kier alpha value is -1.94. The lowest BCUT2D eigenvalue weighted by atomic mass is 10.00. The van der Waals surface area contributed by atoms with E-state index in [-0.39, 0.29) is 0 Å². The number of hydrogen-bond donors (Lipinski definition) is 0. The van der Waals surface area contributed by atoms with Crippen LogP contribution in [0.3, 0.4) is 0 Å². The first-order valence-corrected chi connectivity index (χ1v) is 6.78. The molecule has 1 aromatic heterocycles. The lowest BCUT2D eigenvalue weighted by molar-refractivity contribution is -0.162. The molecule has 0 fully saturated rings. The zero-order valence-electron chi connectivity index (χ0n) is 11.2. The number of benzene rings is 1. The molecule has 3 rings (SSSR count). The van der Waals surface area contributed by atoms with Crippen LogP contribution < -0.4 is 4.74 Å². The van der Waals surface area contributed by atoms with Crippen molar-refractivity contribution in [3.8, 4) is 11.4 Å². The number of esters is 1. The quantitative estimate of drug-likeness (QED) is 0.797. The maximum absolute atomic E-state index is 12.3. The maximum Gasteiger partial charge on any atom is 0.356 e. The van der Waals surface area contributed by atoms with Crippen molar-refractivity contribution in [3.05, 3.63) is 47.2 Å². The summed E-state index contributed by atoms with van der Waals surface area (Å²) in [4.78, 5) is 12.3. The van der Waals surface area contributed by atoms with E-state index in [1.807, 2.05) is 29.0 Å². The van der Waals surface area contributed by atoms with Gasteiger partial charge in [-0.15, -0.1) is 0 Å². The van der Waals surface area contributed by atoms with Gasteiger partial charge in [-0.1, -0.05) is 11.6 Å². The number of rotatable bonds is 2. The summed E-state index contributed by atoms with van der Waals surface area (Å²) in [5.41, 5.74) is 0.394. The van der Waals surface area contributed by atoms with Gasteiger partial charge in [0, 0.05) is 11.2 Å². The number of ether oxygens (including phenoxy) is 2. The second-order valence-corrected chi connectivity index (χ2v) is 5.17. The average molecular weight is 292 g/mol. The molecular formula is C15H14ClNO3. The highest BCUT2D eigenvalue weighted by molar-refractivity contribution is 6.30. The van der Waals surface area contributed by atoms with Crippen LogP contribution in [0.1, 0.15) is 19.5 Å². The maximum atomic E-state index is 12.3. The lowest BCUT2D eigenvalue weighted by Crippen LogP contribution is -2.44. The molecule has 1 aromatic carbocycles. The highest BCUT2D eigenvalue weighted by Gasteiger charge is 2.45. The highest BCUT2D eigenvalue weighted by Crippen LogP contribution is 2.41. The van der Waals surface area contributed by atoms with Crippen LogP contribution in [0.25, 0.3) is 5.69 Å². The molecule has 1 aliphatic rings. The van der Waals surface area contributed by atoms with Crippen LogP contribution in [0.15, 0.2) is 36.5 Å². The molecule has 0 radical (unpaired) electrons. The summed E-state index contributed by atoms with van der Waals surface area (Å²) in [7, 11) is 0. The van der Waals surface area contributed by atoms with Gasteiger partial charge in [0.1, 0.15) is 5.75 Å². The zero-order valence-corrected chi connectivity index (χ0v) is 12.0. The number of fused-ring (bicyclic) bond motifs is 3. The summed E-state index contributed by atoms with van der Waals surface area (Å²) in [5.74, 6) is 0.203. The van der Waals surface area contributed by atoms with Gasteiger partial charge in [0.15, 0.2) is 0 Å². The average Bonchev–Trinajstić information content (AvgIpc) is 2.91. The van der Waals surface area contributed by atoms with Gasteiger partial charge in [0.2, 0.25) is 5.60 Å². The standard InChI is InChI=1S/C15H14ClNO3/c1-3-19-14(18)15(2)13-5-4-8-17(13)11-9-10(16)6-7-12(11)20-15/h4-9H,3H2,1-2H3.